The highest BCUT2D eigenvalue weighted by atomic mass is 16.5. The minimum Gasteiger partial charge on any atom is -0.341 e. The van der Waals surface area contributed by atoms with Gasteiger partial charge in [0, 0.05) is 5.56 Å². The number of aryl methyl sites for hydroxylation is 1. The molecule has 2 heterocycles. The quantitative estimate of drug-likeness (QED) is 0.563. The van der Waals surface area contributed by atoms with Gasteiger partial charge in [-0.1, -0.05) is 35.5 Å². The third kappa shape index (κ3) is 3.77. The van der Waals surface area contributed by atoms with Crippen molar-refractivity contribution < 1.29 is 9.32 Å². The number of fused-ring (bicyclic) bond motifs is 1. The van der Waals surface area contributed by atoms with Crippen LogP contribution in [0.4, 0.5) is 0 Å². The lowest BCUT2D eigenvalue weighted by Gasteiger charge is -2.09. The molecule has 29 heavy (non-hydrogen) atoms. The molecule has 0 aliphatic carbocycles. The normalized spacial score (nSPS) is 12.1. The molecule has 2 aromatic heterocycles. The Hall–Kier alpha value is -3.81. The zero-order chi connectivity index (χ0) is 20.4. The van der Waals surface area contributed by atoms with Gasteiger partial charge < -0.3 is 9.84 Å². The molecule has 0 radical (unpaired) electrons. The molecule has 1 atom stereocenters. The van der Waals surface area contributed by atoms with E-state index in [-0.39, 0.29) is 23.9 Å². The summed E-state index contributed by atoms with van der Waals surface area (Å²) in [6, 6.07) is 15.6. The fourth-order valence-electron chi connectivity index (χ4n) is 3.05. The van der Waals surface area contributed by atoms with E-state index in [4.69, 9.17) is 4.52 Å². The van der Waals surface area contributed by atoms with Gasteiger partial charge in [-0.3, -0.25) is 14.2 Å². The molecule has 8 heteroatoms. The van der Waals surface area contributed by atoms with Crippen LogP contribution >= 0.6 is 0 Å². The highest BCUT2D eigenvalue weighted by Gasteiger charge is 2.18. The van der Waals surface area contributed by atoms with Crippen molar-refractivity contribution in [3.05, 3.63) is 88.1 Å². The van der Waals surface area contributed by atoms with Crippen molar-refractivity contribution >= 4 is 16.8 Å². The van der Waals surface area contributed by atoms with Gasteiger partial charge in [-0.25, -0.2) is 4.98 Å². The van der Waals surface area contributed by atoms with Gasteiger partial charge in [0.2, 0.25) is 5.89 Å². The summed E-state index contributed by atoms with van der Waals surface area (Å²) in [4.78, 5) is 33.9. The van der Waals surface area contributed by atoms with Crippen LogP contribution in [-0.2, 0) is 6.54 Å². The number of hydrogen-bond acceptors (Lipinski definition) is 6. The molecule has 1 N–H and O–H groups in total. The lowest BCUT2D eigenvalue weighted by Crippen LogP contribution is -2.27. The number of benzene rings is 2. The summed E-state index contributed by atoms with van der Waals surface area (Å²) in [7, 11) is 0. The van der Waals surface area contributed by atoms with Gasteiger partial charge in [-0.05, 0) is 38.1 Å². The first-order chi connectivity index (χ1) is 14.0. The third-order valence-electron chi connectivity index (χ3n) is 4.59. The van der Waals surface area contributed by atoms with Crippen LogP contribution in [0.1, 0.15) is 40.9 Å². The molecular weight excluding hydrogens is 370 g/mol. The Bertz CT molecular complexity index is 1230. The molecule has 4 aromatic rings. The maximum Gasteiger partial charge on any atom is 0.261 e. The van der Waals surface area contributed by atoms with Crippen molar-refractivity contribution in [1.82, 2.24) is 25.0 Å². The second-order valence-corrected chi connectivity index (χ2v) is 6.68. The number of aromatic nitrogens is 4. The molecule has 0 unspecified atom stereocenters. The Morgan fingerprint density at radius 1 is 1.10 bits per heavy atom. The number of rotatable bonds is 5. The number of carbonyl (C=O) groups is 1. The second-order valence-electron chi connectivity index (χ2n) is 6.68. The van der Waals surface area contributed by atoms with Gasteiger partial charge >= 0.3 is 0 Å². The molecule has 0 aliphatic rings. The minimum atomic E-state index is -0.475. The van der Waals surface area contributed by atoms with E-state index in [0.29, 0.717) is 28.1 Å². The molecule has 0 bridgehead atoms. The summed E-state index contributed by atoms with van der Waals surface area (Å²) in [5.41, 5.74) is 1.03. The minimum absolute atomic E-state index is 0.130. The summed E-state index contributed by atoms with van der Waals surface area (Å²) in [5.74, 6) is 0.931. The van der Waals surface area contributed by atoms with Crippen molar-refractivity contribution in [1.29, 1.82) is 0 Å². The average Bonchev–Trinajstić information content (AvgIpc) is 3.20. The number of para-hydroxylation sites is 1. The van der Waals surface area contributed by atoms with Gasteiger partial charge in [-0.15, -0.1) is 0 Å². The van der Waals surface area contributed by atoms with Gasteiger partial charge in [0.05, 0.1) is 17.4 Å². The summed E-state index contributed by atoms with van der Waals surface area (Å²) >= 11 is 0. The summed E-state index contributed by atoms with van der Waals surface area (Å²) < 4.78 is 6.80. The van der Waals surface area contributed by atoms with E-state index >= 15 is 0 Å². The molecule has 0 fully saturated rings. The predicted molar refractivity (Wildman–Crippen MR) is 106 cm³/mol. The van der Waals surface area contributed by atoms with E-state index < -0.39 is 6.04 Å². The van der Waals surface area contributed by atoms with Gasteiger partial charge in [0.15, 0.2) is 5.82 Å². The van der Waals surface area contributed by atoms with Crippen LogP contribution in [-0.4, -0.2) is 25.6 Å². The van der Waals surface area contributed by atoms with Crippen molar-refractivity contribution in [2.75, 3.05) is 0 Å². The maximum absolute atomic E-state index is 12.8. The summed E-state index contributed by atoms with van der Waals surface area (Å²) in [6.07, 6.45) is 0. The Kier molecular flexibility index (Phi) is 4.90. The second kappa shape index (κ2) is 7.67. The fraction of sp³-hybridized carbons (Fsp3) is 0.190. The van der Waals surface area contributed by atoms with Crippen LogP contribution in [0.15, 0.2) is 63.9 Å². The number of nitrogens with zero attached hydrogens (tertiary/aromatic N) is 4. The standard InChI is InChI=1S/C21H19N5O3/c1-13(22-19(27)15-8-4-3-5-9-15)20-24-18(25-29-20)12-26-14(2)23-17-11-7-6-10-16(17)21(26)28/h3-11,13H,12H2,1-2H3,(H,22,27)/t13-/m0/s1. The zero-order valence-corrected chi connectivity index (χ0v) is 16.0. The summed E-state index contributed by atoms with van der Waals surface area (Å²) in [6.45, 7) is 3.65. The SMILES string of the molecule is Cc1nc2ccccc2c(=O)n1Cc1noc([C@H](C)NC(=O)c2ccccc2)n1. The average molecular weight is 389 g/mol. The van der Waals surface area contributed by atoms with Crippen LogP contribution in [0.25, 0.3) is 10.9 Å². The lowest BCUT2D eigenvalue weighted by molar-refractivity contribution is 0.0932. The van der Waals surface area contributed by atoms with E-state index in [9.17, 15) is 9.59 Å². The highest BCUT2D eigenvalue weighted by Crippen LogP contribution is 2.13. The van der Waals surface area contributed by atoms with Crippen molar-refractivity contribution in [2.45, 2.75) is 26.4 Å². The number of carbonyl (C=O) groups excluding carboxylic acids is 1. The first kappa shape index (κ1) is 18.5. The van der Waals surface area contributed by atoms with Crippen molar-refractivity contribution in [3.8, 4) is 0 Å². The summed E-state index contributed by atoms with van der Waals surface area (Å²) in [5, 5.41) is 7.30. The van der Waals surface area contributed by atoms with Crippen LogP contribution < -0.4 is 10.9 Å². The largest absolute Gasteiger partial charge is 0.341 e. The fourth-order valence-corrected chi connectivity index (χ4v) is 3.05. The Morgan fingerprint density at radius 3 is 2.62 bits per heavy atom. The molecule has 0 saturated heterocycles. The molecule has 146 valence electrons. The Balaban J connectivity index is 1.53. The van der Waals surface area contributed by atoms with Crippen LogP contribution in [0.3, 0.4) is 0 Å². The Labute approximate surface area is 166 Å². The first-order valence-electron chi connectivity index (χ1n) is 9.17. The zero-order valence-electron chi connectivity index (χ0n) is 16.0. The Morgan fingerprint density at radius 2 is 1.83 bits per heavy atom. The van der Waals surface area contributed by atoms with E-state index in [1.165, 1.54) is 4.57 Å². The molecule has 2 aromatic carbocycles. The van der Waals surface area contributed by atoms with Crippen LogP contribution in [0, 0.1) is 6.92 Å². The van der Waals surface area contributed by atoms with Gasteiger partial charge in [0.1, 0.15) is 11.9 Å². The van der Waals surface area contributed by atoms with Crippen molar-refractivity contribution in [2.24, 2.45) is 0 Å². The van der Waals surface area contributed by atoms with Gasteiger partial charge in [0.25, 0.3) is 11.5 Å². The van der Waals surface area contributed by atoms with E-state index in [1.54, 1.807) is 56.3 Å². The molecule has 4 rings (SSSR count). The molecule has 0 aliphatic heterocycles. The number of amides is 1. The molecule has 1 amide bonds. The van der Waals surface area contributed by atoms with Crippen LogP contribution in [0.5, 0.6) is 0 Å². The van der Waals surface area contributed by atoms with Crippen molar-refractivity contribution in [3.63, 3.8) is 0 Å². The van der Waals surface area contributed by atoms with Gasteiger partial charge in [-0.2, -0.15) is 4.98 Å². The van der Waals surface area contributed by atoms with E-state index in [0.717, 1.165) is 0 Å². The van der Waals surface area contributed by atoms with E-state index in [2.05, 4.69) is 20.4 Å². The monoisotopic (exact) mass is 389 g/mol. The number of hydrogen-bond donors (Lipinski definition) is 1. The third-order valence-corrected chi connectivity index (χ3v) is 4.59. The molecular formula is C21H19N5O3. The predicted octanol–water partition coefficient (Wildman–Crippen LogP) is 2.63. The topological polar surface area (TPSA) is 103 Å². The van der Waals surface area contributed by atoms with E-state index in [1.807, 2.05) is 12.1 Å². The molecule has 0 spiro atoms. The smallest absolute Gasteiger partial charge is 0.261 e. The first-order valence-corrected chi connectivity index (χ1v) is 9.17. The highest BCUT2D eigenvalue weighted by molar-refractivity contribution is 5.94. The maximum atomic E-state index is 12.8. The molecule has 0 saturated carbocycles. The lowest BCUT2D eigenvalue weighted by atomic mass is 10.2. The van der Waals surface area contributed by atoms with Crippen LogP contribution in [0.2, 0.25) is 0 Å². The number of nitrogens with one attached hydrogen (secondary N) is 1. The molecule has 8 nitrogen and oxygen atoms in total.